The molecule has 0 saturated carbocycles. The second kappa shape index (κ2) is 9.47. The fraction of sp³-hybridized carbons (Fsp3) is 0.227. The standard InChI is InChI=1S/C20H19NO3.C2H6/c1-14-17(12-19(24-14)20(22)23-2)13-21-18-10-8-16(9-11-18)15-6-4-3-5-7-15;1-2/h3-12,21H,13H2,1-2H3;1-2H3. The lowest BCUT2D eigenvalue weighted by molar-refractivity contribution is 0.0563. The van der Waals surface area contributed by atoms with E-state index in [1.807, 2.05) is 51.1 Å². The van der Waals surface area contributed by atoms with Crippen LogP contribution in [-0.2, 0) is 11.3 Å². The molecule has 3 rings (SSSR count). The highest BCUT2D eigenvalue weighted by Crippen LogP contribution is 2.22. The van der Waals surface area contributed by atoms with Crippen LogP contribution >= 0.6 is 0 Å². The van der Waals surface area contributed by atoms with Gasteiger partial charge in [0.05, 0.1) is 7.11 Å². The lowest BCUT2D eigenvalue weighted by atomic mass is 10.1. The topological polar surface area (TPSA) is 51.5 Å². The van der Waals surface area contributed by atoms with Crippen LogP contribution in [0.15, 0.2) is 65.1 Å². The molecule has 0 aliphatic carbocycles. The first-order valence-corrected chi connectivity index (χ1v) is 8.74. The zero-order valence-corrected chi connectivity index (χ0v) is 15.7. The second-order valence-corrected chi connectivity index (χ2v) is 5.48. The minimum atomic E-state index is -0.462. The summed E-state index contributed by atoms with van der Waals surface area (Å²) in [5.41, 5.74) is 4.31. The molecule has 136 valence electrons. The molecule has 0 saturated heterocycles. The van der Waals surface area contributed by atoms with Gasteiger partial charge in [0.25, 0.3) is 0 Å². The van der Waals surface area contributed by atoms with Gasteiger partial charge < -0.3 is 14.5 Å². The van der Waals surface area contributed by atoms with Gasteiger partial charge in [0.2, 0.25) is 5.76 Å². The van der Waals surface area contributed by atoms with E-state index in [9.17, 15) is 4.79 Å². The Bertz CT molecular complexity index is 820. The molecule has 0 radical (unpaired) electrons. The summed E-state index contributed by atoms with van der Waals surface area (Å²) in [6, 6.07) is 20.2. The number of carbonyl (C=O) groups excluding carboxylic acids is 1. The molecule has 26 heavy (non-hydrogen) atoms. The van der Waals surface area contributed by atoms with Gasteiger partial charge in [-0.15, -0.1) is 0 Å². The molecule has 1 heterocycles. The summed E-state index contributed by atoms with van der Waals surface area (Å²) in [6.07, 6.45) is 0. The van der Waals surface area contributed by atoms with Crippen LogP contribution in [0, 0.1) is 6.92 Å². The van der Waals surface area contributed by atoms with Crippen LogP contribution in [0.1, 0.15) is 35.7 Å². The molecule has 0 spiro atoms. The van der Waals surface area contributed by atoms with Crippen molar-refractivity contribution in [2.45, 2.75) is 27.3 Å². The Morgan fingerprint density at radius 2 is 1.62 bits per heavy atom. The summed E-state index contributed by atoms with van der Waals surface area (Å²) in [5, 5.41) is 3.34. The van der Waals surface area contributed by atoms with E-state index < -0.39 is 5.97 Å². The fourth-order valence-electron chi connectivity index (χ4n) is 2.50. The predicted octanol–water partition coefficient (Wildman–Crippen LogP) is 5.68. The Labute approximate surface area is 154 Å². The summed E-state index contributed by atoms with van der Waals surface area (Å²) in [4.78, 5) is 11.5. The molecule has 0 aliphatic rings. The number of nitrogens with one attached hydrogen (secondary N) is 1. The zero-order valence-electron chi connectivity index (χ0n) is 15.7. The molecule has 4 nitrogen and oxygen atoms in total. The maximum Gasteiger partial charge on any atom is 0.373 e. The number of hydrogen-bond acceptors (Lipinski definition) is 4. The fourth-order valence-corrected chi connectivity index (χ4v) is 2.50. The lowest BCUT2D eigenvalue weighted by Crippen LogP contribution is -2.00. The monoisotopic (exact) mass is 351 g/mol. The first-order valence-electron chi connectivity index (χ1n) is 8.74. The summed E-state index contributed by atoms with van der Waals surface area (Å²) in [5.74, 6) is 0.478. The molecule has 0 aliphatic heterocycles. The number of benzene rings is 2. The van der Waals surface area contributed by atoms with Crippen LogP contribution in [0.2, 0.25) is 0 Å². The molecule has 0 bridgehead atoms. The summed E-state index contributed by atoms with van der Waals surface area (Å²) < 4.78 is 10.1. The molecule has 4 heteroatoms. The van der Waals surface area contributed by atoms with Gasteiger partial charge in [0.15, 0.2) is 0 Å². The smallest absolute Gasteiger partial charge is 0.373 e. The Morgan fingerprint density at radius 1 is 1.00 bits per heavy atom. The molecule has 2 aromatic carbocycles. The van der Waals surface area contributed by atoms with Crippen LogP contribution in [0.3, 0.4) is 0 Å². The minimum Gasteiger partial charge on any atom is -0.463 e. The van der Waals surface area contributed by atoms with Gasteiger partial charge in [0, 0.05) is 17.8 Å². The number of carbonyl (C=O) groups is 1. The summed E-state index contributed by atoms with van der Waals surface area (Å²) in [7, 11) is 1.34. The van der Waals surface area contributed by atoms with Crippen molar-refractivity contribution in [3.63, 3.8) is 0 Å². The van der Waals surface area contributed by atoms with Gasteiger partial charge in [-0.3, -0.25) is 0 Å². The number of aryl methyl sites for hydroxylation is 1. The van der Waals surface area contributed by atoms with E-state index in [0.29, 0.717) is 12.3 Å². The van der Waals surface area contributed by atoms with E-state index in [0.717, 1.165) is 11.3 Å². The summed E-state index contributed by atoms with van der Waals surface area (Å²) >= 11 is 0. The van der Waals surface area contributed by atoms with Crippen molar-refractivity contribution in [2.75, 3.05) is 12.4 Å². The van der Waals surface area contributed by atoms with Crippen molar-refractivity contribution in [3.8, 4) is 11.1 Å². The maximum absolute atomic E-state index is 11.5. The Hall–Kier alpha value is -3.01. The third-order valence-electron chi connectivity index (χ3n) is 3.88. The molecule has 1 aromatic heterocycles. The molecule has 3 aromatic rings. The van der Waals surface area contributed by atoms with Crippen molar-refractivity contribution in [1.82, 2.24) is 0 Å². The highest BCUT2D eigenvalue weighted by atomic mass is 16.5. The van der Waals surface area contributed by atoms with Crippen molar-refractivity contribution >= 4 is 11.7 Å². The van der Waals surface area contributed by atoms with E-state index in [1.54, 1.807) is 6.07 Å². The minimum absolute atomic E-state index is 0.228. The first kappa shape index (κ1) is 19.3. The van der Waals surface area contributed by atoms with Gasteiger partial charge in [-0.2, -0.15) is 0 Å². The maximum atomic E-state index is 11.5. The van der Waals surface area contributed by atoms with Crippen LogP contribution in [0.5, 0.6) is 0 Å². The first-order chi connectivity index (χ1) is 12.7. The number of anilines is 1. The normalized spacial score (nSPS) is 9.85. The molecular weight excluding hydrogens is 326 g/mol. The highest BCUT2D eigenvalue weighted by molar-refractivity contribution is 5.86. The van der Waals surface area contributed by atoms with E-state index >= 15 is 0 Å². The average molecular weight is 351 g/mol. The Morgan fingerprint density at radius 3 is 2.23 bits per heavy atom. The van der Waals surface area contributed by atoms with E-state index in [4.69, 9.17) is 4.42 Å². The highest BCUT2D eigenvalue weighted by Gasteiger charge is 2.14. The number of esters is 1. The van der Waals surface area contributed by atoms with Crippen LogP contribution in [0.4, 0.5) is 5.69 Å². The van der Waals surface area contributed by atoms with E-state index in [-0.39, 0.29) is 5.76 Å². The molecule has 0 fully saturated rings. The van der Waals surface area contributed by atoms with Crippen molar-refractivity contribution in [3.05, 3.63) is 77.7 Å². The van der Waals surface area contributed by atoms with E-state index in [1.165, 1.54) is 18.2 Å². The van der Waals surface area contributed by atoms with Crippen molar-refractivity contribution < 1.29 is 13.9 Å². The number of ether oxygens (including phenoxy) is 1. The van der Waals surface area contributed by atoms with Gasteiger partial charge in [-0.1, -0.05) is 56.3 Å². The van der Waals surface area contributed by atoms with Gasteiger partial charge in [-0.05, 0) is 36.2 Å². The molecule has 0 unspecified atom stereocenters. The SMILES string of the molecule is CC.COC(=O)c1cc(CNc2ccc(-c3ccccc3)cc2)c(C)o1. The Kier molecular flexibility index (Phi) is 7.03. The van der Waals surface area contributed by atoms with Crippen molar-refractivity contribution in [1.29, 1.82) is 0 Å². The summed E-state index contributed by atoms with van der Waals surface area (Å²) in [6.45, 7) is 6.42. The Balaban J connectivity index is 0.00000117. The predicted molar refractivity (Wildman–Crippen MR) is 105 cm³/mol. The molecule has 0 atom stereocenters. The number of hydrogen-bond donors (Lipinski definition) is 1. The third-order valence-corrected chi connectivity index (χ3v) is 3.88. The van der Waals surface area contributed by atoms with Gasteiger partial charge >= 0.3 is 5.97 Å². The molecular formula is C22H25NO3. The second-order valence-electron chi connectivity index (χ2n) is 5.48. The largest absolute Gasteiger partial charge is 0.463 e. The third kappa shape index (κ3) is 4.76. The van der Waals surface area contributed by atoms with Gasteiger partial charge in [-0.25, -0.2) is 4.79 Å². The van der Waals surface area contributed by atoms with Gasteiger partial charge in [0.1, 0.15) is 5.76 Å². The van der Waals surface area contributed by atoms with Crippen LogP contribution < -0.4 is 5.32 Å². The number of furan rings is 1. The van der Waals surface area contributed by atoms with Crippen molar-refractivity contribution in [2.24, 2.45) is 0 Å². The van der Waals surface area contributed by atoms with Crippen LogP contribution in [-0.4, -0.2) is 13.1 Å². The lowest BCUT2D eigenvalue weighted by Gasteiger charge is -2.07. The quantitative estimate of drug-likeness (QED) is 0.601. The molecule has 1 N–H and O–H groups in total. The zero-order chi connectivity index (χ0) is 18.9. The van der Waals surface area contributed by atoms with E-state index in [2.05, 4.69) is 34.3 Å². The number of methoxy groups -OCH3 is 1. The van der Waals surface area contributed by atoms with Crippen LogP contribution in [0.25, 0.3) is 11.1 Å². The molecule has 0 amide bonds. The number of rotatable bonds is 5. The average Bonchev–Trinajstić information content (AvgIpc) is 3.09.